The smallest absolute Gasteiger partial charge is 0.256 e. The lowest BCUT2D eigenvalue weighted by Gasteiger charge is -2.22. The van der Waals surface area contributed by atoms with Crippen molar-refractivity contribution in [2.45, 2.75) is 13.3 Å². The first-order valence-corrected chi connectivity index (χ1v) is 8.11. The Morgan fingerprint density at radius 1 is 1.12 bits per heavy atom. The van der Waals surface area contributed by atoms with E-state index in [-0.39, 0.29) is 18.0 Å². The van der Waals surface area contributed by atoms with E-state index >= 15 is 0 Å². The Morgan fingerprint density at radius 2 is 1.84 bits per heavy atom. The fourth-order valence-corrected chi connectivity index (χ4v) is 2.52. The van der Waals surface area contributed by atoms with Crippen LogP contribution in [-0.2, 0) is 11.2 Å². The second-order valence-electron chi connectivity index (χ2n) is 5.69. The molecule has 5 nitrogen and oxygen atoms in total. The summed E-state index contributed by atoms with van der Waals surface area (Å²) in [6.45, 7) is 2.40. The van der Waals surface area contributed by atoms with Gasteiger partial charge in [-0.2, -0.15) is 0 Å². The van der Waals surface area contributed by atoms with Crippen molar-refractivity contribution in [3.05, 3.63) is 65.5 Å². The van der Waals surface area contributed by atoms with Gasteiger partial charge in [0.05, 0.1) is 5.56 Å². The number of rotatable bonds is 7. The third kappa shape index (κ3) is 5.39. The Bertz CT molecular complexity index is 735. The van der Waals surface area contributed by atoms with Crippen LogP contribution >= 0.6 is 0 Å². The quantitative estimate of drug-likeness (QED) is 0.811. The number of halogens is 1. The predicted octanol–water partition coefficient (Wildman–Crippen LogP) is 2.43. The van der Waals surface area contributed by atoms with Gasteiger partial charge in [-0.3, -0.25) is 9.59 Å². The molecule has 0 aromatic heterocycles. The second-order valence-corrected chi connectivity index (χ2v) is 5.69. The van der Waals surface area contributed by atoms with E-state index in [4.69, 9.17) is 5.73 Å². The summed E-state index contributed by atoms with van der Waals surface area (Å²) in [6, 6.07) is 13.7. The first-order chi connectivity index (χ1) is 12.0. The Kier molecular flexibility index (Phi) is 6.65. The molecule has 2 rings (SSSR count). The molecule has 0 fully saturated rings. The average Bonchev–Trinajstić information content (AvgIpc) is 2.60. The molecule has 2 aromatic carbocycles. The van der Waals surface area contributed by atoms with E-state index in [0.717, 1.165) is 5.56 Å². The van der Waals surface area contributed by atoms with Crippen LogP contribution in [0.4, 0.5) is 10.1 Å². The van der Waals surface area contributed by atoms with Crippen LogP contribution < -0.4 is 11.1 Å². The van der Waals surface area contributed by atoms with Crippen LogP contribution in [0, 0.1) is 5.82 Å². The number of nitrogens with one attached hydrogen (secondary N) is 1. The van der Waals surface area contributed by atoms with E-state index in [1.165, 1.54) is 30.0 Å². The molecule has 0 aliphatic heterocycles. The Morgan fingerprint density at radius 3 is 2.48 bits per heavy atom. The first kappa shape index (κ1) is 18.6. The van der Waals surface area contributed by atoms with Gasteiger partial charge in [0.25, 0.3) is 5.91 Å². The number of nitrogens with two attached hydrogens (primary N) is 1. The number of hydrogen-bond donors (Lipinski definition) is 2. The SMILES string of the molecule is CC(=O)Nc1ccc(F)c(C(=O)N(CCN)CCc2ccccc2)c1. The molecule has 2 amide bonds. The molecule has 3 N–H and O–H groups in total. The number of nitrogens with zero attached hydrogens (tertiary/aromatic N) is 1. The topological polar surface area (TPSA) is 75.4 Å². The molecule has 0 heterocycles. The largest absolute Gasteiger partial charge is 0.337 e. The summed E-state index contributed by atoms with van der Waals surface area (Å²) in [5.41, 5.74) is 7.00. The molecule has 0 saturated carbocycles. The zero-order chi connectivity index (χ0) is 18.2. The van der Waals surface area contributed by atoms with Crippen molar-refractivity contribution < 1.29 is 14.0 Å². The van der Waals surface area contributed by atoms with Crippen LogP contribution in [0.1, 0.15) is 22.8 Å². The fraction of sp³-hybridized carbons (Fsp3) is 0.263. The molecule has 0 radical (unpaired) electrons. The third-order valence-electron chi connectivity index (χ3n) is 3.72. The van der Waals surface area contributed by atoms with Gasteiger partial charge in [0.15, 0.2) is 0 Å². The van der Waals surface area contributed by atoms with E-state index in [9.17, 15) is 14.0 Å². The maximum atomic E-state index is 14.1. The van der Waals surface area contributed by atoms with E-state index in [1.54, 1.807) is 0 Å². The molecular weight excluding hydrogens is 321 g/mol. The standard InChI is InChI=1S/C19H22FN3O2/c1-14(24)22-16-7-8-18(20)17(13-16)19(25)23(12-10-21)11-9-15-5-3-2-4-6-15/h2-8,13H,9-12,21H2,1H3,(H,22,24). The Hall–Kier alpha value is -2.73. The Balaban J connectivity index is 2.17. The molecule has 0 aliphatic rings. The molecule has 0 atom stereocenters. The maximum Gasteiger partial charge on any atom is 0.256 e. The fourth-order valence-electron chi connectivity index (χ4n) is 2.52. The lowest BCUT2D eigenvalue weighted by atomic mass is 10.1. The van der Waals surface area contributed by atoms with Crippen molar-refractivity contribution in [3.63, 3.8) is 0 Å². The van der Waals surface area contributed by atoms with Gasteiger partial charge in [-0.05, 0) is 30.2 Å². The molecule has 0 saturated heterocycles. The number of benzene rings is 2. The number of hydrogen-bond acceptors (Lipinski definition) is 3. The lowest BCUT2D eigenvalue weighted by molar-refractivity contribution is -0.114. The summed E-state index contributed by atoms with van der Waals surface area (Å²) < 4.78 is 14.1. The van der Waals surface area contributed by atoms with Crippen LogP contribution in [0.15, 0.2) is 48.5 Å². The molecule has 2 aromatic rings. The van der Waals surface area contributed by atoms with E-state index in [0.29, 0.717) is 25.2 Å². The van der Waals surface area contributed by atoms with Gasteiger partial charge in [-0.25, -0.2) is 4.39 Å². The normalized spacial score (nSPS) is 10.4. The lowest BCUT2D eigenvalue weighted by Crippen LogP contribution is -2.37. The number of anilines is 1. The monoisotopic (exact) mass is 343 g/mol. The van der Waals surface area contributed by atoms with Gasteiger partial charge < -0.3 is 16.0 Å². The number of carbonyl (C=O) groups excluding carboxylic acids is 2. The van der Waals surface area contributed by atoms with E-state index in [2.05, 4.69) is 5.32 Å². The van der Waals surface area contributed by atoms with Crippen molar-refractivity contribution in [2.75, 3.05) is 25.0 Å². The van der Waals surface area contributed by atoms with Crippen molar-refractivity contribution in [3.8, 4) is 0 Å². The van der Waals surface area contributed by atoms with Crippen molar-refractivity contribution in [1.29, 1.82) is 0 Å². The highest BCUT2D eigenvalue weighted by molar-refractivity contribution is 5.97. The minimum atomic E-state index is -0.624. The zero-order valence-electron chi connectivity index (χ0n) is 14.2. The predicted molar refractivity (Wildman–Crippen MR) is 95.8 cm³/mol. The maximum absolute atomic E-state index is 14.1. The van der Waals surface area contributed by atoms with Crippen molar-refractivity contribution in [2.24, 2.45) is 5.73 Å². The summed E-state index contributed by atoms with van der Waals surface area (Å²) in [4.78, 5) is 25.4. The highest BCUT2D eigenvalue weighted by Crippen LogP contribution is 2.17. The van der Waals surface area contributed by atoms with Crippen LogP contribution in [0.5, 0.6) is 0 Å². The molecule has 0 spiro atoms. The molecular formula is C19H22FN3O2. The molecule has 0 bridgehead atoms. The number of amides is 2. The van der Waals surface area contributed by atoms with Gasteiger partial charge in [0.1, 0.15) is 5.82 Å². The molecule has 25 heavy (non-hydrogen) atoms. The van der Waals surface area contributed by atoms with Crippen LogP contribution in [0.25, 0.3) is 0 Å². The summed E-state index contributed by atoms with van der Waals surface area (Å²) >= 11 is 0. The second kappa shape index (κ2) is 8.94. The highest BCUT2D eigenvalue weighted by atomic mass is 19.1. The van der Waals surface area contributed by atoms with Crippen molar-refractivity contribution in [1.82, 2.24) is 4.90 Å². The Labute approximate surface area is 146 Å². The minimum absolute atomic E-state index is 0.0761. The van der Waals surface area contributed by atoms with Crippen LogP contribution in [-0.4, -0.2) is 36.3 Å². The van der Waals surface area contributed by atoms with Gasteiger partial charge in [0.2, 0.25) is 5.91 Å². The average molecular weight is 343 g/mol. The van der Waals surface area contributed by atoms with E-state index in [1.807, 2.05) is 30.3 Å². The van der Waals surface area contributed by atoms with Crippen LogP contribution in [0.2, 0.25) is 0 Å². The van der Waals surface area contributed by atoms with Gasteiger partial charge in [0, 0.05) is 32.2 Å². The van der Waals surface area contributed by atoms with Crippen LogP contribution in [0.3, 0.4) is 0 Å². The van der Waals surface area contributed by atoms with Gasteiger partial charge in [-0.1, -0.05) is 30.3 Å². The minimum Gasteiger partial charge on any atom is -0.337 e. The van der Waals surface area contributed by atoms with Crippen molar-refractivity contribution >= 4 is 17.5 Å². The summed E-state index contributed by atoms with van der Waals surface area (Å²) in [5.74, 6) is -1.35. The van der Waals surface area contributed by atoms with E-state index < -0.39 is 11.7 Å². The molecule has 6 heteroatoms. The first-order valence-electron chi connectivity index (χ1n) is 8.11. The molecule has 132 valence electrons. The summed E-state index contributed by atoms with van der Waals surface area (Å²) in [6.07, 6.45) is 0.652. The zero-order valence-corrected chi connectivity index (χ0v) is 14.2. The van der Waals surface area contributed by atoms with Gasteiger partial charge >= 0.3 is 0 Å². The summed E-state index contributed by atoms with van der Waals surface area (Å²) in [7, 11) is 0. The highest BCUT2D eigenvalue weighted by Gasteiger charge is 2.19. The van der Waals surface area contributed by atoms with Gasteiger partial charge in [-0.15, -0.1) is 0 Å². The number of carbonyl (C=O) groups is 2. The molecule has 0 aliphatic carbocycles. The summed E-state index contributed by atoms with van der Waals surface area (Å²) in [5, 5.41) is 2.56. The molecule has 0 unspecified atom stereocenters. The third-order valence-corrected chi connectivity index (χ3v) is 3.72.